The number of aliphatic hydroxyl groups excluding tert-OH is 1. The third kappa shape index (κ3) is 2.96. The lowest BCUT2D eigenvalue weighted by Crippen LogP contribution is -1.95. The second-order valence-electron chi connectivity index (χ2n) is 3.89. The maximum absolute atomic E-state index is 9.65. The highest BCUT2D eigenvalue weighted by Crippen LogP contribution is 2.32. The maximum Gasteiger partial charge on any atom is 0.133 e. The molecule has 2 nitrogen and oxygen atoms in total. The van der Waals surface area contributed by atoms with Crippen LogP contribution >= 0.6 is 23.2 Å². The van der Waals surface area contributed by atoms with Crippen molar-refractivity contribution < 1.29 is 9.84 Å². The largest absolute Gasteiger partial charge is 0.457 e. The van der Waals surface area contributed by atoms with Crippen LogP contribution in [0.25, 0.3) is 0 Å². The van der Waals surface area contributed by atoms with Gasteiger partial charge in [0.2, 0.25) is 0 Å². The van der Waals surface area contributed by atoms with E-state index in [1.54, 1.807) is 31.2 Å². The summed E-state index contributed by atoms with van der Waals surface area (Å²) < 4.78 is 5.70. The van der Waals surface area contributed by atoms with Gasteiger partial charge in [-0.05, 0) is 25.1 Å². The van der Waals surface area contributed by atoms with E-state index in [0.29, 0.717) is 21.5 Å². The topological polar surface area (TPSA) is 29.5 Å². The molecular formula is C14H12Cl2O2. The first-order chi connectivity index (χ1) is 8.58. The number of halogens is 2. The number of benzene rings is 2. The average Bonchev–Trinajstić information content (AvgIpc) is 2.34. The maximum atomic E-state index is 9.65. The average molecular weight is 283 g/mol. The molecule has 4 heteroatoms. The summed E-state index contributed by atoms with van der Waals surface area (Å²) in [6.45, 7) is 1.69. The van der Waals surface area contributed by atoms with Gasteiger partial charge in [-0.25, -0.2) is 0 Å². The molecule has 0 radical (unpaired) electrons. The molecule has 1 N–H and O–H groups in total. The van der Waals surface area contributed by atoms with E-state index in [-0.39, 0.29) is 0 Å². The Morgan fingerprint density at radius 2 is 1.78 bits per heavy atom. The number of rotatable bonds is 3. The third-order valence-electron chi connectivity index (χ3n) is 2.49. The Bertz CT molecular complexity index is 553. The normalized spacial score (nSPS) is 12.2. The van der Waals surface area contributed by atoms with Gasteiger partial charge in [0.15, 0.2) is 0 Å². The van der Waals surface area contributed by atoms with Crippen molar-refractivity contribution >= 4 is 23.2 Å². The molecule has 0 saturated heterocycles. The Morgan fingerprint density at radius 3 is 2.44 bits per heavy atom. The molecule has 94 valence electrons. The van der Waals surface area contributed by atoms with Crippen molar-refractivity contribution in [2.45, 2.75) is 13.0 Å². The monoisotopic (exact) mass is 282 g/mol. The van der Waals surface area contributed by atoms with Gasteiger partial charge in [0.1, 0.15) is 11.5 Å². The van der Waals surface area contributed by atoms with Crippen molar-refractivity contribution in [1.29, 1.82) is 0 Å². The van der Waals surface area contributed by atoms with Crippen LogP contribution in [-0.4, -0.2) is 5.11 Å². The Balaban J connectivity index is 2.31. The molecule has 0 aliphatic rings. The van der Waals surface area contributed by atoms with Crippen molar-refractivity contribution in [2.24, 2.45) is 0 Å². The molecule has 0 spiro atoms. The Morgan fingerprint density at radius 1 is 1.06 bits per heavy atom. The number of ether oxygens (including phenoxy) is 1. The summed E-state index contributed by atoms with van der Waals surface area (Å²) in [6, 6.07) is 12.4. The number of hydrogen-bond acceptors (Lipinski definition) is 2. The summed E-state index contributed by atoms with van der Waals surface area (Å²) in [4.78, 5) is 0. The van der Waals surface area contributed by atoms with Crippen LogP contribution in [0, 0.1) is 0 Å². The van der Waals surface area contributed by atoms with Crippen LogP contribution in [0.5, 0.6) is 11.5 Å². The van der Waals surface area contributed by atoms with Crippen LogP contribution in [0.4, 0.5) is 0 Å². The van der Waals surface area contributed by atoms with Crippen molar-refractivity contribution in [3.63, 3.8) is 0 Å². The SMILES string of the molecule is C[C@@H](O)c1ccccc1Oc1ccc(Cl)c(Cl)c1. The zero-order valence-electron chi connectivity index (χ0n) is 9.73. The highest BCUT2D eigenvalue weighted by atomic mass is 35.5. The highest BCUT2D eigenvalue weighted by Gasteiger charge is 2.09. The molecule has 0 amide bonds. The van der Waals surface area contributed by atoms with Crippen LogP contribution in [0.15, 0.2) is 42.5 Å². The first-order valence-electron chi connectivity index (χ1n) is 5.48. The Kier molecular flexibility index (Phi) is 4.12. The molecular weight excluding hydrogens is 271 g/mol. The van der Waals surface area contributed by atoms with Crippen molar-refractivity contribution in [1.82, 2.24) is 0 Å². The van der Waals surface area contributed by atoms with Crippen LogP contribution in [0.3, 0.4) is 0 Å². The van der Waals surface area contributed by atoms with Crippen molar-refractivity contribution in [3.05, 3.63) is 58.1 Å². The predicted octanol–water partition coefficient (Wildman–Crippen LogP) is 4.84. The van der Waals surface area contributed by atoms with E-state index in [2.05, 4.69) is 0 Å². The molecule has 2 aromatic rings. The molecule has 0 unspecified atom stereocenters. The molecule has 18 heavy (non-hydrogen) atoms. The van der Waals surface area contributed by atoms with Gasteiger partial charge in [-0.15, -0.1) is 0 Å². The second kappa shape index (κ2) is 5.61. The molecule has 1 atom stereocenters. The fourth-order valence-corrected chi connectivity index (χ4v) is 1.87. The highest BCUT2D eigenvalue weighted by molar-refractivity contribution is 6.42. The molecule has 0 aliphatic heterocycles. The minimum atomic E-state index is -0.594. The van der Waals surface area contributed by atoms with Gasteiger partial charge in [0.25, 0.3) is 0 Å². The minimum absolute atomic E-state index is 0.434. The number of para-hydroxylation sites is 1. The lowest BCUT2D eigenvalue weighted by atomic mass is 10.1. The molecule has 0 bridgehead atoms. The summed E-state index contributed by atoms with van der Waals surface area (Å²) in [7, 11) is 0. The summed E-state index contributed by atoms with van der Waals surface area (Å²) in [5, 5.41) is 10.6. The lowest BCUT2D eigenvalue weighted by molar-refractivity contribution is 0.195. The van der Waals surface area contributed by atoms with Crippen molar-refractivity contribution in [3.8, 4) is 11.5 Å². The van der Waals surface area contributed by atoms with Gasteiger partial charge >= 0.3 is 0 Å². The molecule has 2 rings (SSSR count). The van der Waals surface area contributed by atoms with Crippen LogP contribution in [0.2, 0.25) is 10.0 Å². The standard InChI is InChI=1S/C14H12Cl2O2/c1-9(17)11-4-2-3-5-14(11)18-10-6-7-12(15)13(16)8-10/h2-9,17H,1H3/t9-/m1/s1. The van der Waals surface area contributed by atoms with Gasteiger partial charge in [-0.1, -0.05) is 41.4 Å². The third-order valence-corrected chi connectivity index (χ3v) is 3.23. The van der Waals surface area contributed by atoms with Gasteiger partial charge < -0.3 is 9.84 Å². The number of hydrogen-bond donors (Lipinski definition) is 1. The summed E-state index contributed by atoms with van der Waals surface area (Å²) in [5.74, 6) is 1.18. The fraction of sp³-hybridized carbons (Fsp3) is 0.143. The van der Waals surface area contributed by atoms with Crippen LogP contribution < -0.4 is 4.74 Å². The van der Waals surface area contributed by atoms with E-state index in [1.807, 2.05) is 18.2 Å². The van der Waals surface area contributed by atoms with E-state index in [1.165, 1.54) is 0 Å². The zero-order chi connectivity index (χ0) is 13.1. The smallest absolute Gasteiger partial charge is 0.133 e. The fourth-order valence-electron chi connectivity index (χ4n) is 1.59. The van der Waals surface area contributed by atoms with E-state index >= 15 is 0 Å². The van der Waals surface area contributed by atoms with E-state index in [4.69, 9.17) is 27.9 Å². The first kappa shape index (κ1) is 13.2. The Hall–Kier alpha value is -1.22. The van der Waals surface area contributed by atoms with Crippen molar-refractivity contribution in [2.75, 3.05) is 0 Å². The van der Waals surface area contributed by atoms with Gasteiger partial charge in [-0.2, -0.15) is 0 Å². The second-order valence-corrected chi connectivity index (χ2v) is 4.71. The first-order valence-corrected chi connectivity index (χ1v) is 6.23. The molecule has 0 saturated carbocycles. The lowest BCUT2D eigenvalue weighted by Gasteiger charge is -2.13. The summed E-state index contributed by atoms with van der Waals surface area (Å²) in [6.07, 6.45) is -0.594. The van der Waals surface area contributed by atoms with Gasteiger partial charge in [-0.3, -0.25) is 0 Å². The van der Waals surface area contributed by atoms with E-state index in [9.17, 15) is 5.11 Å². The quantitative estimate of drug-likeness (QED) is 0.873. The molecule has 0 aromatic heterocycles. The molecule has 2 aromatic carbocycles. The molecule has 0 fully saturated rings. The summed E-state index contributed by atoms with van der Waals surface area (Å²) in [5.41, 5.74) is 0.726. The van der Waals surface area contributed by atoms with Crippen LogP contribution in [-0.2, 0) is 0 Å². The number of aliphatic hydroxyl groups is 1. The predicted molar refractivity (Wildman–Crippen MR) is 73.6 cm³/mol. The Labute approximate surface area is 116 Å². The minimum Gasteiger partial charge on any atom is -0.457 e. The molecule has 0 aliphatic carbocycles. The van der Waals surface area contributed by atoms with Crippen LogP contribution in [0.1, 0.15) is 18.6 Å². The zero-order valence-corrected chi connectivity index (χ0v) is 11.2. The summed E-state index contributed by atoms with van der Waals surface area (Å²) >= 11 is 11.8. The van der Waals surface area contributed by atoms with E-state index in [0.717, 1.165) is 5.56 Å². The molecule has 0 heterocycles. The van der Waals surface area contributed by atoms with Gasteiger partial charge in [0.05, 0.1) is 16.1 Å². The van der Waals surface area contributed by atoms with Gasteiger partial charge in [0, 0.05) is 11.6 Å². The van der Waals surface area contributed by atoms with E-state index < -0.39 is 6.10 Å².